The summed E-state index contributed by atoms with van der Waals surface area (Å²) in [6.45, 7) is 3.02. The minimum atomic E-state index is -0.347. The van der Waals surface area contributed by atoms with E-state index in [0.29, 0.717) is 5.92 Å². The van der Waals surface area contributed by atoms with Gasteiger partial charge in [-0.1, -0.05) is 42.5 Å². The van der Waals surface area contributed by atoms with Crippen LogP contribution in [0.4, 0.5) is 0 Å². The second-order valence-corrected chi connectivity index (χ2v) is 7.04. The number of rotatable bonds is 5. The number of hydrogen-bond acceptors (Lipinski definition) is 3. The summed E-state index contributed by atoms with van der Waals surface area (Å²) in [6, 6.07) is 18.8. The molecular formula is C21H24O3. The van der Waals surface area contributed by atoms with Crippen molar-refractivity contribution in [3.05, 3.63) is 65.7 Å². The monoisotopic (exact) mass is 324 g/mol. The van der Waals surface area contributed by atoms with Crippen LogP contribution in [-0.2, 0) is 15.1 Å². The van der Waals surface area contributed by atoms with Gasteiger partial charge in [-0.3, -0.25) is 0 Å². The van der Waals surface area contributed by atoms with Gasteiger partial charge in [0.25, 0.3) is 0 Å². The van der Waals surface area contributed by atoms with Gasteiger partial charge >= 0.3 is 0 Å². The van der Waals surface area contributed by atoms with Crippen molar-refractivity contribution in [2.24, 2.45) is 11.3 Å². The lowest BCUT2D eigenvalue weighted by atomic mass is 9.74. The highest BCUT2D eigenvalue weighted by Crippen LogP contribution is 2.74. The minimum absolute atomic E-state index is 0.00229. The molecule has 4 rings (SSSR count). The molecule has 0 aromatic heterocycles. The van der Waals surface area contributed by atoms with Crippen LogP contribution in [0, 0.1) is 11.3 Å². The van der Waals surface area contributed by atoms with Crippen molar-refractivity contribution < 1.29 is 14.2 Å². The molecule has 1 heterocycles. The number of hydrogen-bond donors (Lipinski definition) is 0. The second kappa shape index (κ2) is 5.61. The molecule has 2 aliphatic rings. The molecule has 0 bridgehead atoms. The molecule has 2 aromatic carbocycles. The first-order chi connectivity index (χ1) is 11.7. The van der Waals surface area contributed by atoms with Gasteiger partial charge in [0.05, 0.1) is 25.4 Å². The van der Waals surface area contributed by atoms with Gasteiger partial charge in [-0.05, 0) is 42.5 Å². The zero-order chi connectivity index (χ0) is 16.8. The van der Waals surface area contributed by atoms with Crippen LogP contribution < -0.4 is 4.74 Å². The fourth-order valence-electron chi connectivity index (χ4n) is 4.65. The van der Waals surface area contributed by atoms with Gasteiger partial charge in [-0.2, -0.15) is 0 Å². The van der Waals surface area contributed by atoms with E-state index in [4.69, 9.17) is 14.2 Å². The summed E-state index contributed by atoms with van der Waals surface area (Å²) < 4.78 is 17.7. The molecule has 1 aliphatic heterocycles. The zero-order valence-electron chi connectivity index (χ0n) is 14.5. The molecule has 2 aromatic rings. The van der Waals surface area contributed by atoms with Crippen LogP contribution in [0.5, 0.6) is 5.75 Å². The molecule has 24 heavy (non-hydrogen) atoms. The highest BCUT2D eigenvalue weighted by atomic mass is 16.5. The van der Waals surface area contributed by atoms with Crippen molar-refractivity contribution in [1.82, 2.24) is 0 Å². The van der Waals surface area contributed by atoms with Gasteiger partial charge in [0, 0.05) is 12.5 Å². The van der Waals surface area contributed by atoms with Crippen LogP contribution in [0.2, 0.25) is 0 Å². The second-order valence-electron chi connectivity index (χ2n) is 7.04. The smallest absolute Gasteiger partial charge is 0.118 e. The molecule has 0 amide bonds. The highest BCUT2D eigenvalue weighted by molar-refractivity contribution is 5.39. The van der Waals surface area contributed by atoms with Gasteiger partial charge in [0.2, 0.25) is 0 Å². The van der Waals surface area contributed by atoms with Gasteiger partial charge in [0.1, 0.15) is 5.75 Å². The maximum absolute atomic E-state index is 6.35. The number of fused-ring (bicyclic) bond motifs is 1. The Morgan fingerprint density at radius 1 is 1.04 bits per heavy atom. The maximum Gasteiger partial charge on any atom is 0.118 e. The normalized spacial score (nSPS) is 32.2. The summed E-state index contributed by atoms with van der Waals surface area (Å²) in [4.78, 5) is 0. The van der Waals surface area contributed by atoms with Crippen molar-refractivity contribution in [1.29, 1.82) is 0 Å². The Balaban J connectivity index is 1.75. The molecule has 0 radical (unpaired) electrons. The lowest BCUT2D eigenvalue weighted by Crippen LogP contribution is -2.38. The lowest BCUT2D eigenvalue weighted by molar-refractivity contribution is -0.0976. The number of methoxy groups -OCH3 is 2. The molecule has 3 heteroatoms. The first-order valence-electron chi connectivity index (χ1n) is 8.52. The Hall–Kier alpha value is -1.84. The van der Waals surface area contributed by atoms with Gasteiger partial charge in [-0.15, -0.1) is 0 Å². The molecule has 1 aliphatic carbocycles. The Morgan fingerprint density at radius 2 is 1.75 bits per heavy atom. The van der Waals surface area contributed by atoms with E-state index in [-0.39, 0.29) is 17.1 Å². The molecule has 4 atom stereocenters. The zero-order valence-corrected chi connectivity index (χ0v) is 14.5. The predicted molar refractivity (Wildman–Crippen MR) is 93.0 cm³/mol. The average Bonchev–Trinajstić information content (AvgIpc) is 3.30. The van der Waals surface area contributed by atoms with E-state index < -0.39 is 0 Å². The molecule has 0 unspecified atom stereocenters. The Kier molecular flexibility index (Phi) is 3.66. The molecule has 1 saturated heterocycles. The quantitative estimate of drug-likeness (QED) is 0.819. The van der Waals surface area contributed by atoms with E-state index in [0.717, 1.165) is 18.8 Å². The standard InChI is InChI=1S/C21H24O3/c1-20(16-9-11-18(22-2)12-10-16)21(13-17(21)14-24-20)19(23-3)15-7-5-4-6-8-15/h4-12,17,19H,13-14H2,1-3H3/t17-,19-,20-,21-/m1/s1. The fourth-order valence-corrected chi connectivity index (χ4v) is 4.65. The van der Waals surface area contributed by atoms with Crippen molar-refractivity contribution in [3.8, 4) is 5.75 Å². The molecule has 1 saturated carbocycles. The van der Waals surface area contributed by atoms with E-state index in [1.54, 1.807) is 7.11 Å². The van der Waals surface area contributed by atoms with Crippen LogP contribution in [0.15, 0.2) is 54.6 Å². The Morgan fingerprint density at radius 3 is 2.33 bits per heavy atom. The number of ether oxygens (including phenoxy) is 3. The molecule has 2 fully saturated rings. The van der Waals surface area contributed by atoms with Crippen LogP contribution >= 0.6 is 0 Å². The highest BCUT2D eigenvalue weighted by Gasteiger charge is 2.74. The van der Waals surface area contributed by atoms with Crippen LogP contribution in [0.25, 0.3) is 0 Å². The third kappa shape index (κ3) is 2.04. The lowest BCUT2D eigenvalue weighted by Gasteiger charge is -2.39. The van der Waals surface area contributed by atoms with Crippen LogP contribution in [0.3, 0.4) is 0 Å². The van der Waals surface area contributed by atoms with Gasteiger partial charge in [0.15, 0.2) is 0 Å². The van der Waals surface area contributed by atoms with Crippen molar-refractivity contribution in [3.63, 3.8) is 0 Å². The Labute approximate surface area is 143 Å². The van der Waals surface area contributed by atoms with Gasteiger partial charge in [-0.25, -0.2) is 0 Å². The third-order valence-corrected chi connectivity index (χ3v) is 6.06. The van der Waals surface area contributed by atoms with E-state index in [2.05, 4.69) is 43.3 Å². The maximum atomic E-state index is 6.35. The molecular weight excluding hydrogens is 300 g/mol. The van der Waals surface area contributed by atoms with E-state index in [1.165, 1.54) is 11.1 Å². The average molecular weight is 324 g/mol. The largest absolute Gasteiger partial charge is 0.497 e. The van der Waals surface area contributed by atoms with Crippen LogP contribution in [-0.4, -0.2) is 20.8 Å². The van der Waals surface area contributed by atoms with Crippen molar-refractivity contribution in [2.45, 2.75) is 25.0 Å². The van der Waals surface area contributed by atoms with Crippen LogP contribution in [0.1, 0.15) is 30.6 Å². The summed E-state index contributed by atoms with van der Waals surface area (Å²) in [5.41, 5.74) is 2.08. The first-order valence-corrected chi connectivity index (χ1v) is 8.52. The van der Waals surface area contributed by atoms with E-state index >= 15 is 0 Å². The fraction of sp³-hybridized carbons (Fsp3) is 0.429. The first kappa shape index (κ1) is 15.7. The Bertz CT molecular complexity index is 712. The topological polar surface area (TPSA) is 27.7 Å². The predicted octanol–water partition coefficient (Wildman–Crippen LogP) is 4.33. The van der Waals surface area contributed by atoms with E-state index in [1.807, 2.05) is 25.3 Å². The SMILES string of the molecule is COc1ccc([C@@]2(C)OC[C@H]3C[C@]32[C@H](OC)c2ccccc2)cc1. The third-order valence-electron chi connectivity index (χ3n) is 6.06. The number of benzene rings is 2. The molecule has 3 nitrogen and oxygen atoms in total. The van der Waals surface area contributed by atoms with Crippen molar-refractivity contribution in [2.75, 3.05) is 20.8 Å². The minimum Gasteiger partial charge on any atom is -0.497 e. The van der Waals surface area contributed by atoms with E-state index in [9.17, 15) is 0 Å². The molecule has 126 valence electrons. The summed E-state index contributed by atoms with van der Waals surface area (Å²) in [5, 5.41) is 0. The summed E-state index contributed by atoms with van der Waals surface area (Å²) in [5.74, 6) is 1.42. The summed E-state index contributed by atoms with van der Waals surface area (Å²) in [7, 11) is 3.51. The summed E-state index contributed by atoms with van der Waals surface area (Å²) in [6.07, 6.45) is 1.18. The van der Waals surface area contributed by atoms with Gasteiger partial charge < -0.3 is 14.2 Å². The summed E-state index contributed by atoms with van der Waals surface area (Å²) >= 11 is 0. The molecule has 0 N–H and O–H groups in total. The van der Waals surface area contributed by atoms with Crippen molar-refractivity contribution >= 4 is 0 Å². The molecule has 0 spiro atoms.